The van der Waals surface area contributed by atoms with E-state index >= 15 is 0 Å². The largest absolute Gasteiger partial charge is 0.481 e. The predicted molar refractivity (Wildman–Crippen MR) is 107 cm³/mol. The number of benzene rings is 2. The lowest BCUT2D eigenvalue weighted by Crippen LogP contribution is -2.45. The lowest BCUT2D eigenvalue weighted by molar-refractivity contribution is -0.141. The van der Waals surface area contributed by atoms with E-state index in [-0.39, 0.29) is 18.4 Å². The minimum Gasteiger partial charge on any atom is -0.481 e. The molecule has 1 N–H and O–H groups in total. The summed E-state index contributed by atoms with van der Waals surface area (Å²) < 4.78 is 5.64. The van der Waals surface area contributed by atoms with Crippen LogP contribution in [0.25, 0.3) is 0 Å². The summed E-state index contributed by atoms with van der Waals surface area (Å²) in [5.74, 6) is -0.0488. The number of rotatable bonds is 8. The van der Waals surface area contributed by atoms with E-state index in [1.807, 2.05) is 18.2 Å². The Morgan fingerprint density at radius 2 is 1.82 bits per heavy atom. The van der Waals surface area contributed by atoms with Crippen LogP contribution in [-0.4, -0.2) is 35.9 Å². The van der Waals surface area contributed by atoms with E-state index in [1.54, 1.807) is 50.2 Å². The number of halogens is 1. The average Bonchev–Trinajstić information content (AvgIpc) is 2.71. The molecule has 0 aliphatic carbocycles. The second kappa shape index (κ2) is 10.3. The van der Waals surface area contributed by atoms with Gasteiger partial charge in [0.2, 0.25) is 5.91 Å². The van der Waals surface area contributed by atoms with Crippen LogP contribution in [-0.2, 0) is 16.1 Å². The van der Waals surface area contributed by atoms with Crippen LogP contribution in [0.15, 0.2) is 48.5 Å². The molecule has 146 valence electrons. The van der Waals surface area contributed by atoms with Gasteiger partial charge in [0.05, 0.1) is 18.2 Å². The Bertz CT molecular complexity index is 845. The topological polar surface area (TPSA) is 82.4 Å². The number of nitrogens with one attached hydrogen (secondary N) is 1. The van der Waals surface area contributed by atoms with Crippen molar-refractivity contribution in [3.05, 3.63) is 64.7 Å². The SMILES string of the molecule is CCN(CC(=O)NCc1ccc(Cl)cc1)C(=O)[C@H](C)Oc1ccc(C#N)cc1. The van der Waals surface area contributed by atoms with Crippen molar-refractivity contribution in [2.24, 2.45) is 0 Å². The summed E-state index contributed by atoms with van der Waals surface area (Å²) >= 11 is 5.84. The second-order valence-electron chi connectivity index (χ2n) is 6.15. The molecular formula is C21H22ClN3O3. The molecule has 0 saturated heterocycles. The monoisotopic (exact) mass is 399 g/mol. The molecule has 2 amide bonds. The first kappa shape index (κ1) is 21.3. The molecule has 2 aromatic rings. The molecule has 0 fully saturated rings. The van der Waals surface area contributed by atoms with Crippen molar-refractivity contribution in [3.8, 4) is 11.8 Å². The van der Waals surface area contributed by atoms with Gasteiger partial charge >= 0.3 is 0 Å². The summed E-state index contributed by atoms with van der Waals surface area (Å²) in [6.45, 7) is 4.13. The number of carbonyl (C=O) groups excluding carboxylic acids is 2. The molecule has 0 aliphatic rings. The summed E-state index contributed by atoms with van der Waals surface area (Å²) in [5.41, 5.74) is 1.43. The Hall–Kier alpha value is -3.04. The molecule has 0 saturated carbocycles. The average molecular weight is 400 g/mol. The Morgan fingerprint density at radius 3 is 2.39 bits per heavy atom. The van der Waals surface area contributed by atoms with E-state index in [0.29, 0.717) is 29.4 Å². The standard InChI is InChI=1S/C21H22ClN3O3/c1-3-25(14-20(26)24-13-17-4-8-18(22)9-5-17)21(27)15(2)28-19-10-6-16(12-23)7-11-19/h4-11,15H,3,13-14H2,1-2H3,(H,24,26)/t15-/m0/s1. The lowest BCUT2D eigenvalue weighted by atomic mass is 10.2. The maximum absolute atomic E-state index is 12.6. The summed E-state index contributed by atoms with van der Waals surface area (Å²) in [5, 5.41) is 12.2. The Morgan fingerprint density at radius 1 is 1.18 bits per heavy atom. The Labute approximate surface area is 169 Å². The van der Waals surface area contributed by atoms with Crippen molar-refractivity contribution in [1.82, 2.24) is 10.2 Å². The van der Waals surface area contributed by atoms with Gasteiger partial charge < -0.3 is 15.0 Å². The molecule has 28 heavy (non-hydrogen) atoms. The number of amides is 2. The fourth-order valence-corrected chi connectivity index (χ4v) is 2.62. The predicted octanol–water partition coefficient (Wildman–Crippen LogP) is 3.14. The molecule has 0 spiro atoms. The quantitative estimate of drug-likeness (QED) is 0.739. The van der Waals surface area contributed by atoms with E-state index in [1.165, 1.54) is 4.90 Å². The number of nitriles is 1. The van der Waals surface area contributed by atoms with Gasteiger partial charge in [-0.05, 0) is 55.8 Å². The molecule has 0 unspecified atom stereocenters. The van der Waals surface area contributed by atoms with E-state index in [0.717, 1.165) is 5.56 Å². The van der Waals surface area contributed by atoms with Gasteiger partial charge in [0.15, 0.2) is 6.10 Å². The van der Waals surface area contributed by atoms with Gasteiger partial charge in [-0.25, -0.2) is 0 Å². The highest BCUT2D eigenvalue weighted by Gasteiger charge is 2.23. The van der Waals surface area contributed by atoms with E-state index < -0.39 is 6.10 Å². The van der Waals surface area contributed by atoms with Crippen LogP contribution in [0.2, 0.25) is 5.02 Å². The zero-order valence-electron chi connectivity index (χ0n) is 15.8. The van der Waals surface area contributed by atoms with E-state index in [2.05, 4.69) is 5.32 Å². The maximum atomic E-state index is 12.6. The molecule has 0 aromatic heterocycles. The van der Waals surface area contributed by atoms with Crippen LogP contribution in [0.1, 0.15) is 25.0 Å². The molecule has 1 atom stereocenters. The van der Waals surface area contributed by atoms with Crippen LogP contribution in [0.4, 0.5) is 0 Å². The normalized spacial score (nSPS) is 11.2. The van der Waals surface area contributed by atoms with Crippen LogP contribution in [0.3, 0.4) is 0 Å². The summed E-state index contributed by atoms with van der Waals surface area (Å²) in [4.78, 5) is 26.2. The molecular weight excluding hydrogens is 378 g/mol. The summed E-state index contributed by atoms with van der Waals surface area (Å²) in [7, 11) is 0. The van der Waals surface area contributed by atoms with Gasteiger partial charge in [-0.3, -0.25) is 9.59 Å². The Kier molecular flexibility index (Phi) is 7.85. The lowest BCUT2D eigenvalue weighted by Gasteiger charge is -2.24. The maximum Gasteiger partial charge on any atom is 0.263 e. The summed E-state index contributed by atoms with van der Waals surface area (Å²) in [6.07, 6.45) is -0.753. The van der Waals surface area contributed by atoms with Gasteiger partial charge in [-0.15, -0.1) is 0 Å². The molecule has 6 nitrogen and oxygen atoms in total. The van der Waals surface area contributed by atoms with Crippen molar-refractivity contribution >= 4 is 23.4 Å². The molecule has 2 rings (SSSR count). The van der Waals surface area contributed by atoms with Gasteiger partial charge in [0.1, 0.15) is 5.75 Å². The second-order valence-corrected chi connectivity index (χ2v) is 6.59. The molecule has 0 heterocycles. The number of hydrogen-bond donors (Lipinski definition) is 1. The highest BCUT2D eigenvalue weighted by molar-refractivity contribution is 6.30. The van der Waals surface area contributed by atoms with Crippen LogP contribution in [0, 0.1) is 11.3 Å². The first-order valence-electron chi connectivity index (χ1n) is 8.89. The molecule has 0 radical (unpaired) electrons. The zero-order chi connectivity index (χ0) is 20.5. The third kappa shape index (κ3) is 6.29. The number of hydrogen-bond acceptors (Lipinski definition) is 4. The third-order valence-electron chi connectivity index (χ3n) is 4.07. The van der Waals surface area contributed by atoms with Crippen molar-refractivity contribution in [2.75, 3.05) is 13.1 Å². The first-order valence-corrected chi connectivity index (χ1v) is 9.27. The number of likely N-dealkylation sites (N-methyl/N-ethyl adjacent to an activating group) is 1. The summed E-state index contributed by atoms with van der Waals surface area (Å²) in [6, 6.07) is 15.7. The van der Waals surface area contributed by atoms with Gasteiger partial charge in [0, 0.05) is 18.1 Å². The van der Waals surface area contributed by atoms with Gasteiger partial charge in [0.25, 0.3) is 5.91 Å². The van der Waals surface area contributed by atoms with Crippen molar-refractivity contribution in [3.63, 3.8) is 0 Å². The van der Waals surface area contributed by atoms with Gasteiger partial charge in [-0.1, -0.05) is 23.7 Å². The molecule has 0 aliphatic heterocycles. The van der Waals surface area contributed by atoms with E-state index in [9.17, 15) is 9.59 Å². The Balaban J connectivity index is 1.87. The number of nitrogens with zero attached hydrogens (tertiary/aromatic N) is 2. The van der Waals surface area contributed by atoms with Crippen LogP contribution < -0.4 is 10.1 Å². The smallest absolute Gasteiger partial charge is 0.263 e. The highest BCUT2D eigenvalue weighted by atomic mass is 35.5. The van der Waals surface area contributed by atoms with Crippen LogP contribution >= 0.6 is 11.6 Å². The van der Waals surface area contributed by atoms with Gasteiger partial charge in [-0.2, -0.15) is 5.26 Å². The fourth-order valence-electron chi connectivity index (χ4n) is 2.50. The number of ether oxygens (including phenoxy) is 1. The first-order chi connectivity index (χ1) is 13.4. The van der Waals surface area contributed by atoms with Crippen molar-refractivity contribution in [1.29, 1.82) is 5.26 Å². The zero-order valence-corrected chi connectivity index (χ0v) is 16.6. The molecule has 0 bridgehead atoms. The molecule has 7 heteroatoms. The molecule has 2 aromatic carbocycles. The fraction of sp³-hybridized carbons (Fsp3) is 0.286. The van der Waals surface area contributed by atoms with Crippen molar-refractivity contribution < 1.29 is 14.3 Å². The minimum absolute atomic E-state index is 0.0516. The minimum atomic E-state index is -0.753. The van der Waals surface area contributed by atoms with Crippen molar-refractivity contribution in [2.45, 2.75) is 26.5 Å². The highest BCUT2D eigenvalue weighted by Crippen LogP contribution is 2.14. The van der Waals surface area contributed by atoms with E-state index in [4.69, 9.17) is 21.6 Å². The number of carbonyl (C=O) groups is 2. The van der Waals surface area contributed by atoms with Crippen LogP contribution in [0.5, 0.6) is 5.75 Å². The third-order valence-corrected chi connectivity index (χ3v) is 4.33.